The molecule has 0 bridgehead atoms. The molecule has 0 amide bonds. The van der Waals surface area contributed by atoms with Crippen molar-refractivity contribution in [3.05, 3.63) is 29.3 Å². The van der Waals surface area contributed by atoms with Gasteiger partial charge in [0.2, 0.25) is 0 Å². The van der Waals surface area contributed by atoms with Crippen molar-refractivity contribution in [3.63, 3.8) is 0 Å². The third kappa shape index (κ3) is 3.31. The van der Waals surface area contributed by atoms with Crippen LogP contribution in [-0.4, -0.2) is 4.89 Å². The second-order valence-electron chi connectivity index (χ2n) is 2.78. The Bertz CT molecular complexity index is 359. The van der Waals surface area contributed by atoms with Crippen LogP contribution in [0.15, 0.2) is 18.2 Å². The van der Waals surface area contributed by atoms with Gasteiger partial charge in [-0.2, -0.15) is 0 Å². The van der Waals surface area contributed by atoms with Gasteiger partial charge in [-0.25, -0.2) is 0 Å². The maximum atomic E-state index is 9.25. The number of hydrogen-bond acceptors (Lipinski definition) is 2. The average molecular weight is 234 g/mol. The first-order chi connectivity index (χ1) is 5.90. The molecule has 0 heterocycles. The highest BCUT2D eigenvalue weighted by Gasteiger charge is 2.10. The largest absolute Gasteiger partial charge is 0.436 e. The molecule has 72 valence electrons. The van der Waals surface area contributed by atoms with Crippen LogP contribution >= 0.6 is 17.9 Å². The fourth-order valence-electron chi connectivity index (χ4n) is 0.951. The molecule has 0 aromatic heterocycles. The molecule has 1 aromatic rings. The second kappa shape index (κ2) is 4.01. The maximum Gasteiger partial charge on any atom is 0.291 e. The van der Waals surface area contributed by atoms with Gasteiger partial charge in [0.25, 0.3) is 5.69 Å². The molecular weight excluding hydrogens is 223 g/mol. The summed E-state index contributed by atoms with van der Waals surface area (Å²) in [5.41, 5.74) is -0.815. The van der Waals surface area contributed by atoms with E-state index in [9.17, 15) is 4.89 Å². The molecule has 1 aromatic carbocycles. The van der Waals surface area contributed by atoms with Crippen molar-refractivity contribution < 1.29 is 9.42 Å². The molecule has 0 spiro atoms. The van der Waals surface area contributed by atoms with Gasteiger partial charge in [0, 0.05) is 0 Å². The minimum Gasteiger partial charge on any atom is -0.436 e. The normalized spacial score (nSPS) is 15.1. The first kappa shape index (κ1) is 11.1. The van der Waals surface area contributed by atoms with Crippen molar-refractivity contribution in [2.24, 2.45) is 0 Å². The van der Waals surface area contributed by atoms with Gasteiger partial charge < -0.3 is 9.42 Å². The number of aryl methyl sites for hydroxylation is 1. The summed E-state index contributed by atoms with van der Waals surface area (Å²) in [6.07, 6.45) is 0. The van der Waals surface area contributed by atoms with Crippen molar-refractivity contribution in [1.82, 2.24) is 0 Å². The summed E-state index contributed by atoms with van der Waals surface area (Å²) in [6.45, 7) is 3.89. The zero-order chi connectivity index (χ0) is 10.1. The van der Waals surface area contributed by atoms with E-state index in [4.69, 9.17) is 4.52 Å². The van der Waals surface area contributed by atoms with E-state index in [1.807, 2.05) is 26.0 Å². The van der Waals surface area contributed by atoms with Crippen LogP contribution in [0.25, 0.3) is 0 Å². The second-order valence-corrected chi connectivity index (χ2v) is 7.87. The summed E-state index contributed by atoms with van der Waals surface area (Å²) >= 11 is 8.49. The number of rotatable bonds is 2. The van der Waals surface area contributed by atoms with Gasteiger partial charge in [-0.1, -0.05) is 24.4 Å². The molecule has 0 saturated heterocycles. The number of benzene rings is 1. The van der Waals surface area contributed by atoms with E-state index < -0.39 is 5.69 Å². The SMILES string of the molecule is Cc1cccc(OP(O)(=S)S)c1C. The number of hydrogen-bond donors (Lipinski definition) is 2. The van der Waals surface area contributed by atoms with Crippen LogP contribution in [0.3, 0.4) is 0 Å². The van der Waals surface area contributed by atoms with E-state index in [1.165, 1.54) is 0 Å². The third-order valence-corrected chi connectivity index (χ3v) is 2.68. The van der Waals surface area contributed by atoms with E-state index in [1.54, 1.807) is 6.07 Å². The molecule has 2 nitrogen and oxygen atoms in total. The van der Waals surface area contributed by atoms with Gasteiger partial charge in [-0.05, 0) is 42.8 Å². The molecule has 1 unspecified atom stereocenters. The van der Waals surface area contributed by atoms with Crippen molar-refractivity contribution in [1.29, 1.82) is 0 Å². The molecule has 1 atom stereocenters. The van der Waals surface area contributed by atoms with Crippen LogP contribution in [0.5, 0.6) is 5.75 Å². The molecule has 0 radical (unpaired) electrons. The van der Waals surface area contributed by atoms with Gasteiger partial charge in [0.1, 0.15) is 5.75 Å². The maximum absolute atomic E-state index is 9.25. The highest BCUT2D eigenvalue weighted by molar-refractivity contribution is 8.59. The predicted octanol–water partition coefficient (Wildman–Crippen LogP) is 2.83. The summed E-state index contributed by atoms with van der Waals surface area (Å²) in [5.74, 6) is 0.612. The van der Waals surface area contributed by atoms with Gasteiger partial charge in [0.05, 0.1) is 0 Å². The quantitative estimate of drug-likeness (QED) is 0.609. The lowest BCUT2D eigenvalue weighted by Gasteiger charge is -2.13. The fraction of sp³-hybridized carbons (Fsp3) is 0.250. The molecule has 1 N–H and O–H groups in total. The topological polar surface area (TPSA) is 29.5 Å². The van der Waals surface area contributed by atoms with E-state index in [0.29, 0.717) is 5.75 Å². The molecule has 0 aliphatic carbocycles. The highest BCUT2D eigenvalue weighted by atomic mass is 32.9. The Morgan fingerprint density at radius 1 is 1.46 bits per heavy atom. The summed E-state index contributed by atoms with van der Waals surface area (Å²) in [4.78, 5) is 9.25. The van der Waals surface area contributed by atoms with Crippen molar-refractivity contribution in [2.75, 3.05) is 0 Å². The van der Waals surface area contributed by atoms with Gasteiger partial charge >= 0.3 is 0 Å². The zero-order valence-electron chi connectivity index (χ0n) is 7.39. The Kier molecular flexibility index (Phi) is 3.41. The summed E-state index contributed by atoms with van der Waals surface area (Å²) < 4.78 is 5.16. The molecule has 13 heavy (non-hydrogen) atoms. The van der Waals surface area contributed by atoms with E-state index in [2.05, 4.69) is 24.1 Å². The first-order valence-corrected chi connectivity index (χ1v) is 7.54. The van der Waals surface area contributed by atoms with Crippen molar-refractivity contribution in [2.45, 2.75) is 13.8 Å². The molecule has 0 aliphatic rings. The Labute approximate surface area is 88.3 Å². The summed E-state index contributed by atoms with van der Waals surface area (Å²) in [7, 11) is 0. The highest BCUT2D eigenvalue weighted by Crippen LogP contribution is 2.48. The van der Waals surface area contributed by atoms with Crippen LogP contribution < -0.4 is 4.52 Å². The monoisotopic (exact) mass is 234 g/mol. The fourth-order valence-corrected chi connectivity index (χ4v) is 1.91. The van der Waals surface area contributed by atoms with Crippen molar-refractivity contribution in [3.8, 4) is 5.75 Å². The van der Waals surface area contributed by atoms with Gasteiger partial charge in [-0.15, -0.1) is 0 Å². The Balaban J connectivity index is 3.03. The van der Waals surface area contributed by atoms with Gasteiger partial charge in [-0.3, -0.25) is 0 Å². The predicted molar refractivity (Wildman–Crippen MR) is 62.0 cm³/mol. The third-order valence-electron chi connectivity index (χ3n) is 1.77. The first-order valence-electron chi connectivity index (χ1n) is 3.71. The van der Waals surface area contributed by atoms with Crippen molar-refractivity contribution >= 4 is 29.7 Å². The van der Waals surface area contributed by atoms with Crippen LogP contribution in [0.1, 0.15) is 11.1 Å². The van der Waals surface area contributed by atoms with Crippen LogP contribution in [0, 0.1) is 13.8 Å². The lowest BCUT2D eigenvalue weighted by Crippen LogP contribution is -1.90. The molecule has 0 fully saturated rings. The molecule has 1 rings (SSSR count). The zero-order valence-corrected chi connectivity index (χ0v) is 10.00. The molecular formula is C8H11O2PS2. The minimum absolute atomic E-state index is 0.612. The summed E-state index contributed by atoms with van der Waals surface area (Å²) in [6, 6.07) is 5.61. The summed E-state index contributed by atoms with van der Waals surface area (Å²) in [5, 5.41) is 0. The van der Waals surface area contributed by atoms with E-state index in [0.717, 1.165) is 11.1 Å². The van der Waals surface area contributed by atoms with Crippen LogP contribution in [0.4, 0.5) is 0 Å². The Morgan fingerprint density at radius 2 is 2.08 bits per heavy atom. The Morgan fingerprint density at radius 3 is 2.62 bits per heavy atom. The lowest BCUT2D eigenvalue weighted by atomic mass is 10.1. The lowest BCUT2D eigenvalue weighted by molar-refractivity contribution is 0.502. The average Bonchev–Trinajstić information content (AvgIpc) is 1.96. The molecule has 0 saturated carbocycles. The van der Waals surface area contributed by atoms with Crippen LogP contribution in [-0.2, 0) is 11.8 Å². The Hall–Kier alpha value is -0.0200. The standard InChI is InChI=1S/C8H11O2PS2/c1-6-4-3-5-8(7(6)2)10-11(9,12)13/h3-5H,1-2H3,(H2,9,12,13). The molecule has 5 heteroatoms. The van der Waals surface area contributed by atoms with Crippen LogP contribution in [0.2, 0.25) is 0 Å². The number of thiol groups is 1. The molecule has 0 aliphatic heterocycles. The minimum atomic E-state index is -2.91. The smallest absolute Gasteiger partial charge is 0.291 e. The van der Waals surface area contributed by atoms with E-state index >= 15 is 0 Å². The van der Waals surface area contributed by atoms with Gasteiger partial charge in [0.15, 0.2) is 0 Å². The van der Waals surface area contributed by atoms with E-state index in [-0.39, 0.29) is 0 Å².